The number of hydrogen-bond donors (Lipinski definition) is 2. The van der Waals surface area contributed by atoms with Crippen molar-refractivity contribution in [2.24, 2.45) is 0 Å². The molecule has 2 N–H and O–H groups in total. The fraction of sp³-hybridized carbons (Fsp3) is 0.300. The maximum absolute atomic E-state index is 11.6. The Morgan fingerprint density at radius 1 is 1.33 bits per heavy atom. The largest absolute Gasteiger partial charge is 0.351 e. The number of carbonyl (C=O) groups is 1. The predicted molar refractivity (Wildman–Crippen MR) is 62.7 cm³/mol. The summed E-state index contributed by atoms with van der Waals surface area (Å²) in [7, 11) is 1.82. The normalized spacial score (nSPS) is 10.1. The van der Waals surface area contributed by atoms with Crippen LogP contribution in [0.3, 0.4) is 0 Å². The molecule has 0 fully saturated rings. The molecule has 0 bridgehead atoms. The highest BCUT2D eigenvalue weighted by Gasteiger charge is 2.09. The molecule has 0 aromatic heterocycles. The van der Waals surface area contributed by atoms with Crippen LogP contribution in [0.1, 0.15) is 10.4 Å². The number of nitrogens with one attached hydrogen (secondary N) is 2. The van der Waals surface area contributed by atoms with Crippen molar-refractivity contribution in [3.8, 4) is 0 Å². The van der Waals surface area contributed by atoms with Gasteiger partial charge in [-0.05, 0) is 25.2 Å². The summed E-state index contributed by atoms with van der Waals surface area (Å²) in [5.41, 5.74) is 0.442. The second kappa shape index (κ2) is 5.95. The minimum atomic E-state index is -0.188. The van der Waals surface area contributed by atoms with E-state index in [1.807, 2.05) is 7.05 Å². The topological polar surface area (TPSA) is 41.1 Å². The van der Waals surface area contributed by atoms with Crippen LogP contribution in [-0.2, 0) is 0 Å². The molecule has 0 atom stereocenters. The van der Waals surface area contributed by atoms with Gasteiger partial charge in [0.25, 0.3) is 5.91 Å². The summed E-state index contributed by atoms with van der Waals surface area (Å²) in [4.78, 5) is 11.6. The highest BCUT2D eigenvalue weighted by molar-refractivity contribution is 6.36. The quantitative estimate of drug-likeness (QED) is 0.798. The molecule has 5 heteroatoms. The first-order valence-electron chi connectivity index (χ1n) is 4.53. The van der Waals surface area contributed by atoms with E-state index in [0.717, 1.165) is 6.54 Å². The van der Waals surface area contributed by atoms with Crippen LogP contribution >= 0.6 is 23.2 Å². The molecule has 0 saturated heterocycles. The van der Waals surface area contributed by atoms with Crippen molar-refractivity contribution in [2.45, 2.75) is 0 Å². The summed E-state index contributed by atoms with van der Waals surface area (Å²) in [6, 6.07) is 4.80. The van der Waals surface area contributed by atoms with E-state index >= 15 is 0 Å². The van der Waals surface area contributed by atoms with Gasteiger partial charge in [-0.15, -0.1) is 0 Å². The Balaban J connectivity index is 2.65. The van der Waals surface area contributed by atoms with E-state index in [1.54, 1.807) is 18.2 Å². The number of amides is 1. The monoisotopic (exact) mass is 246 g/mol. The molecule has 1 aromatic rings. The number of carbonyl (C=O) groups excluding carboxylic acids is 1. The van der Waals surface area contributed by atoms with E-state index in [1.165, 1.54) is 0 Å². The van der Waals surface area contributed by atoms with Gasteiger partial charge in [0, 0.05) is 18.1 Å². The van der Waals surface area contributed by atoms with Crippen molar-refractivity contribution in [1.29, 1.82) is 0 Å². The molecule has 15 heavy (non-hydrogen) atoms. The zero-order chi connectivity index (χ0) is 11.3. The molecule has 1 rings (SSSR count). The average molecular weight is 247 g/mol. The molecule has 1 amide bonds. The van der Waals surface area contributed by atoms with E-state index < -0.39 is 0 Å². The number of rotatable bonds is 4. The molecular weight excluding hydrogens is 235 g/mol. The van der Waals surface area contributed by atoms with Crippen molar-refractivity contribution < 1.29 is 4.79 Å². The SMILES string of the molecule is CNCCNC(=O)c1ccc(Cl)cc1Cl. The Hall–Kier alpha value is -0.770. The van der Waals surface area contributed by atoms with Gasteiger partial charge in [-0.2, -0.15) is 0 Å². The van der Waals surface area contributed by atoms with E-state index in [-0.39, 0.29) is 5.91 Å². The Morgan fingerprint density at radius 3 is 2.67 bits per heavy atom. The van der Waals surface area contributed by atoms with Gasteiger partial charge >= 0.3 is 0 Å². The maximum Gasteiger partial charge on any atom is 0.252 e. The Bertz CT molecular complexity index is 355. The van der Waals surface area contributed by atoms with E-state index in [0.29, 0.717) is 22.2 Å². The first-order chi connectivity index (χ1) is 7.15. The molecule has 0 spiro atoms. The molecule has 0 saturated carbocycles. The average Bonchev–Trinajstić information content (AvgIpc) is 2.17. The summed E-state index contributed by atoms with van der Waals surface area (Å²) in [6.45, 7) is 1.28. The second-order valence-corrected chi connectivity index (χ2v) is 3.83. The lowest BCUT2D eigenvalue weighted by atomic mass is 10.2. The Kier molecular flexibility index (Phi) is 4.88. The number of likely N-dealkylation sites (N-methyl/N-ethyl adjacent to an activating group) is 1. The van der Waals surface area contributed by atoms with Gasteiger partial charge < -0.3 is 10.6 Å². The zero-order valence-corrected chi connectivity index (χ0v) is 9.82. The molecule has 0 aliphatic heterocycles. The molecule has 0 heterocycles. The molecule has 0 unspecified atom stereocenters. The lowest BCUT2D eigenvalue weighted by Crippen LogP contribution is -2.30. The minimum absolute atomic E-state index is 0.188. The van der Waals surface area contributed by atoms with Crippen LogP contribution in [0.15, 0.2) is 18.2 Å². The molecule has 0 aliphatic rings. The van der Waals surface area contributed by atoms with Crippen LogP contribution in [0.5, 0.6) is 0 Å². The lowest BCUT2D eigenvalue weighted by Gasteiger charge is -2.06. The van der Waals surface area contributed by atoms with Gasteiger partial charge in [0.15, 0.2) is 0 Å². The van der Waals surface area contributed by atoms with Crippen LogP contribution in [0.2, 0.25) is 10.0 Å². The maximum atomic E-state index is 11.6. The number of benzene rings is 1. The molecule has 0 aliphatic carbocycles. The molecule has 1 aromatic carbocycles. The van der Waals surface area contributed by atoms with Crippen molar-refractivity contribution in [3.05, 3.63) is 33.8 Å². The third kappa shape index (κ3) is 3.70. The van der Waals surface area contributed by atoms with Gasteiger partial charge in [-0.3, -0.25) is 4.79 Å². The summed E-state index contributed by atoms with van der Waals surface area (Å²) in [6.07, 6.45) is 0. The standard InChI is InChI=1S/C10H12Cl2N2O/c1-13-4-5-14-10(15)8-3-2-7(11)6-9(8)12/h2-3,6,13H,4-5H2,1H3,(H,14,15). The fourth-order valence-corrected chi connectivity index (χ4v) is 1.56. The molecule has 3 nitrogen and oxygen atoms in total. The molecule has 82 valence electrons. The van der Waals surface area contributed by atoms with E-state index in [2.05, 4.69) is 10.6 Å². The first kappa shape index (κ1) is 12.3. The van der Waals surface area contributed by atoms with Crippen LogP contribution in [-0.4, -0.2) is 26.0 Å². The summed E-state index contributed by atoms with van der Waals surface area (Å²) in [5, 5.41) is 6.55. The van der Waals surface area contributed by atoms with Gasteiger partial charge in [0.2, 0.25) is 0 Å². The molecule has 0 radical (unpaired) electrons. The summed E-state index contributed by atoms with van der Waals surface area (Å²) in [5.74, 6) is -0.188. The van der Waals surface area contributed by atoms with E-state index in [4.69, 9.17) is 23.2 Å². The Labute approximate surface area is 98.8 Å². The third-order valence-electron chi connectivity index (χ3n) is 1.84. The highest BCUT2D eigenvalue weighted by Crippen LogP contribution is 2.20. The van der Waals surface area contributed by atoms with Crippen LogP contribution in [0.25, 0.3) is 0 Å². The van der Waals surface area contributed by atoms with Gasteiger partial charge in [-0.1, -0.05) is 23.2 Å². The van der Waals surface area contributed by atoms with Crippen LogP contribution < -0.4 is 10.6 Å². The smallest absolute Gasteiger partial charge is 0.252 e. The van der Waals surface area contributed by atoms with Gasteiger partial charge in [0.05, 0.1) is 10.6 Å². The fourth-order valence-electron chi connectivity index (χ4n) is 1.07. The van der Waals surface area contributed by atoms with Crippen molar-refractivity contribution >= 4 is 29.1 Å². The number of halogens is 2. The summed E-state index contributed by atoms with van der Waals surface area (Å²) < 4.78 is 0. The van der Waals surface area contributed by atoms with Crippen molar-refractivity contribution in [3.63, 3.8) is 0 Å². The highest BCUT2D eigenvalue weighted by atomic mass is 35.5. The van der Waals surface area contributed by atoms with E-state index in [9.17, 15) is 4.79 Å². The second-order valence-electron chi connectivity index (χ2n) is 2.98. The molecular formula is C10H12Cl2N2O. The first-order valence-corrected chi connectivity index (χ1v) is 5.28. The predicted octanol–water partition coefficient (Wildman–Crippen LogP) is 1.94. The number of hydrogen-bond acceptors (Lipinski definition) is 2. The third-order valence-corrected chi connectivity index (χ3v) is 2.38. The summed E-state index contributed by atoms with van der Waals surface area (Å²) >= 11 is 11.6. The minimum Gasteiger partial charge on any atom is -0.351 e. The van der Waals surface area contributed by atoms with Crippen LogP contribution in [0.4, 0.5) is 0 Å². The van der Waals surface area contributed by atoms with Crippen molar-refractivity contribution in [2.75, 3.05) is 20.1 Å². The lowest BCUT2D eigenvalue weighted by molar-refractivity contribution is 0.0954. The van der Waals surface area contributed by atoms with Crippen molar-refractivity contribution in [1.82, 2.24) is 10.6 Å². The van der Waals surface area contributed by atoms with Crippen LogP contribution in [0, 0.1) is 0 Å². The zero-order valence-electron chi connectivity index (χ0n) is 8.31. The Morgan fingerprint density at radius 2 is 2.07 bits per heavy atom. The van der Waals surface area contributed by atoms with Gasteiger partial charge in [-0.25, -0.2) is 0 Å². The van der Waals surface area contributed by atoms with Gasteiger partial charge in [0.1, 0.15) is 0 Å².